The molecule has 0 saturated heterocycles. The van der Waals surface area contributed by atoms with Crippen LogP contribution in [-0.2, 0) is 15.4 Å². The second-order valence-electron chi connectivity index (χ2n) is 8.96. The predicted octanol–water partition coefficient (Wildman–Crippen LogP) is 2.06. The second-order valence-corrected chi connectivity index (χ2v) is 11.6. The summed E-state index contributed by atoms with van der Waals surface area (Å²) in [6, 6.07) is 5.06. The monoisotopic (exact) mass is 473 g/mol. The third-order valence-electron chi connectivity index (χ3n) is 6.41. The summed E-state index contributed by atoms with van der Waals surface area (Å²) in [6.45, 7) is 6.73. The van der Waals surface area contributed by atoms with Crippen LogP contribution >= 0.6 is 0 Å². The number of hydrogen-bond donors (Lipinski definition) is 2. The molecule has 0 fully saturated rings. The minimum Gasteiger partial charge on any atom is -0.490 e. The number of nitrogens with one attached hydrogen (secondary N) is 1. The number of carbonyl (C=O) groups is 1. The number of anilines is 1. The maximum atomic E-state index is 13.6. The fourth-order valence-corrected chi connectivity index (χ4v) is 6.61. The highest BCUT2D eigenvalue weighted by Crippen LogP contribution is 2.49. The van der Waals surface area contributed by atoms with Gasteiger partial charge in [0.05, 0.1) is 30.9 Å². The average Bonchev–Trinajstić information content (AvgIpc) is 2.87. The summed E-state index contributed by atoms with van der Waals surface area (Å²) < 4.78 is 36.9. The molecular weight excluding hydrogens is 446 g/mol. The Bertz CT molecular complexity index is 1240. The Labute approximate surface area is 192 Å². The zero-order valence-corrected chi connectivity index (χ0v) is 19.9. The van der Waals surface area contributed by atoms with E-state index in [1.807, 2.05) is 6.92 Å². The molecule has 0 bridgehead atoms. The number of amides is 1. The first-order valence-electron chi connectivity index (χ1n) is 10.5. The van der Waals surface area contributed by atoms with E-state index >= 15 is 0 Å². The highest BCUT2D eigenvalue weighted by molar-refractivity contribution is 7.94. The van der Waals surface area contributed by atoms with Gasteiger partial charge in [-0.25, -0.2) is 18.4 Å². The van der Waals surface area contributed by atoms with E-state index in [-0.39, 0.29) is 24.1 Å². The fraction of sp³-hybridized carbons (Fsp3) is 0.455. The molecule has 33 heavy (non-hydrogen) atoms. The van der Waals surface area contributed by atoms with Crippen molar-refractivity contribution in [2.45, 2.75) is 55.8 Å². The highest BCUT2D eigenvalue weighted by Gasteiger charge is 2.58. The quantitative estimate of drug-likeness (QED) is 0.689. The third kappa shape index (κ3) is 3.60. The van der Waals surface area contributed by atoms with Crippen molar-refractivity contribution in [3.8, 4) is 11.6 Å². The van der Waals surface area contributed by atoms with Crippen LogP contribution in [0.1, 0.15) is 50.2 Å². The zero-order valence-electron chi connectivity index (χ0n) is 19.1. The van der Waals surface area contributed by atoms with Gasteiger partial charge in [-0.2, -0.15) is 0 Å². The maximum Gasteiger partial charge on any atom is 0.275 e. The van der Waals surface area contributed by atoms with Crippen molar-refractivity contribution < 1.29 is 22.7 Å². The lowest BCUT2D eigenvalue weighted by Gasteiger charge is -2.43. The van der Waals surface area contributed by atoms with Gasteiger partial charge in [-0.05, 0) is 45.9 Å². The molecule has 3 atom stereocenters. The maximum absolute atomic E-state index is 13.6. The van der Waals surface area contributed by atoms with Crippen LogP contribution in [0.2, 0.25) is 0 Å². The molecule has 1 aromatic heterocycles. The molecule has 1 aromatic carbocycles. The largest absolute Gasteiger partial charge is 0.490 e. The van der Waals surface area contributed by atoms with Gasteiger partial charge in [-0.15, -0.1) is 0 Å². The molecule has 0 saturated carbocycles. The van der Waals surface area contributed by atoms with Gasteiger partial charge in [0.2, 0.25) is 5.88 Å². The van der Waals surface area contributed by atoms with Gasteiger partial charge in [0.15, 0.2) is 9.84 Å². The molecule has 0 radical (unpaired) electrons. The molecule has 0 spiro atoms. The molecule has 0 unspecified atom stereocenters. The van der Waals surface area contributed by atoms with E-state index in [0.29, 0.717) is 22.9 Å². The molecule has 0 aliphatic carbocycles. The van der Waals surface area contributed by atoms with E-state index < -0.39 is 31.3 Å². The van der Waals surface area contributed by atoms with Crippen molar-refractivity contribution in [2.75, 3.05) is 12.4 Å². The number of amidine groups is 1. The molecule has 2 aliphatic rings. The van der Waals surface area contributed by atoms with Crippen molar-refractivity contribution in [1.82, 2.24) is 9.97 Å². The lowest BCUT2D eigenvalue weighted by atomic mass is 9.85. The van der Waals surface area contributed by atoms with Crippen LogP contribution in [0.4, 0.5) is 5.69 Å². The number of methoxy groups -OCH3 is 1. The highest BCUT2D eigenvalue weighted by atomic mass is 32.2. The summed E-state index contributed by atoms with van der Waals surface area (Å²) in [6.07, 6.45) is 2.56. The summed E-state index contributed by atoms with van der Waals surface area (Å²) in [5.41, 5.74) is 6.07. The number of fused-ring (bicyclic) bond motifs is 3. The number of carbonyl (C=O) groups excluding carboxylic acids is 1. The summed E-state index contributed by atoms with van der Waals surface area (Å²) in [5.74, 6) is 0.361. The van der Waals surface area contributed by atoms with Crippen LogP contribution in [-0.4, -0.2) is 53.3 Å². The molecular formula is C22H27N5O5S. The van der Waals surface area contributed by atoms with Crippen LogP contribution in [0.25, 0.3) is 0 Å². The van der Waals surface area contributed by atoms with Gasteiger partial charge in [-0.3, -0.25) is 9.79 Å². The normalized spacial score (nSPS) is 27.1. The van der Waals surface area contributed by atoms with Gasteiger partial charge in [0.1, 0.15) is 27.6 Å². The van der Waals surface area contributed by atoms with E-state index in [0.717, 1.165) is 0 Å². The number of sulfone groups is 1. The van der Waals surface area contributed by atoms with Gasteiger partial charge in [0, 0.05) is 17.7 Å². The molecule has 3 N–H and O–H groups in total. The molecule has 11 heteroatoms. The predicted molar refractivity (Wildman–Crippen MR) is 123 cm³/mol. The topological polar surface area (TPSA) is 146 Å². The Hall–Kier alpha value is -3.21. The van der Waals surface area contributed by atoms with Crippen molar-refractivity contribution >= 4 is 27.3 Å². The number of benzene rings is 1. The molecule has 3 heterocycles. The molecule has 176 valence electrons. The molecule has 4 rings (SSSR count). The SMILES string of the molecule is COc1cnc(C(=O)Nc2ccc3c(c2)[C@@]2(C)N=C(N)C(C)(C)S(=O)(=O)[C@@H]2C[C@H](C)O3)cn1. The number of aliphatic imine (C=N–C) groups is 1. The Morgan fingerprint density at radius 3 is 2.61 bits per heavy atom. The Balaban J connectivity index is 1.78. The van der Waals surface area contributed by atoms with E-state index in [2.05, 4.69) is 15.3 Å². The van der Waals surface area contributed by atoms with Gasteiger partial charge >= 0.3 is 0 Å². The molecule has 2 aliphatic heterocycles. The first-order valence-corrected chi connectivity index (χ1v) is 12.0. The van der Waals surface area contributed by atoms with E-state index in [1.54, 1.807) is 39.0 Å². The molecule has 10 nitrogen and oxygen atoms in total. The Kier molecular flexibility index (Phi) is 5.35. The standard InChI is InChI=1S/C22H27N5O5S/c1-12-8-17-22(4,27-20(23)21(2,3)33(17,29)30)14-9-13(6-7-16(14)32-12)26-19(28)15-10-25-18(31-5)11-24-15/h6-7,9-12,17H,8H2,1-5H3,(H2,23,27)(H,26,28)/t12-,17+,22+/m0/s1. The number of ether oxygens (including phenoxy) is 2. The van der Waals surface area contributed by atoms with E-state index in [1.165, 1.54) is 19.5 Å². The Morgan fingerprint density at radius 1 is 1.24 bits per heavy atom. The summed E-state index contributed by atoms with van der Waals surface area (Å²) in [4.78, 5) is 25.4. The fourth-order valence-electron chi connectivity index (χ4n) is 4.26. The van der Waals surface area contributed by atoms with Crippen molar-refractivity contribution in [3.05, 3.63) is 41.9 Å². The smallest absolute Gasteiger partial charge is 0.275 e. The number of aromatic nitrogens is 2. The van der Waals surface area contributed by atoms with Crippen molar-refractivity contribution in [1.29, 1.82) is 0 Å². The van der Waals surface area contributed by atoms with Crippen LogP contribution in [0.15, 0.2) is 35.6 Å². The Morgan fingerprint density at radius 2 is 1.97 bits per heavy atom. The van der Waals surface area contributed by atoms with E-state index in [9.17, 15) is 13.2 Å². The van der Waals surface area contributed by atoms with Gasteiger partial charge in [-0.1, -0.05) is 0 Å². The first-order chi connectivity index (χ1) is 15.4. The minimum absolute atomic E-state index is 0.0460. The first kappa shape index (κ1) is 23.0. The van der Waals surface area contributed by atoms with Crippen LogP contribution in [0.3, 0.4) is 0 Å². The van der Waals surface area contributed by atoms with Crippen molar-refractivity contribution in [3.63, 3.8) is 0 Å². The molecule has 1 amide bonds. The number of nitrogens with zero attached hydrogens (tertiary/aromatic N) is 3. The summed E-state index contributed by atoms with van der Waals surface area (Å²) >= 11 is 0. The van der Waals surface area contributed by atoms with Crippen LogP contribution in [0.5, 0.6) is 11.6 Å². The third-order valence-corrected chi connectivity index (χ3v) is 9.44. The zero-order chi connectivity index (χ0) is 24.2. The van der Waals surface area contributed by atoms with Crippen LogP contribution < -0.4 is 20.5 Å². The van der Waals surface area contributed by atoms with Gasteiger partial charge in [0.25, 0.3) is 5.91 Å². The second kappa shape index (κ2) is 7.68. The lowest BCUT2D eigenvalue weighted by Crippen LogP contribution is -2.60. The van der Waals surface area contributed by atoms with Crippen LogP contribution in [0, 0.1) is 0 Å². The minimum atomic E-state index is -3.71. The lowest BCUT2D eigenvalue weighted by molar-refractivity contribution is 0.102. The van der Waals surface area contributed by atoms with E-state index in [4.69, 9.17) is 20.2 Å². The number of rotatable bonds is 3. The summed E-state index contributed by atoms with van der Waals surface area (Å²) in [5, 5.41) is 1.93. The number of hydrogen-bond acceptors (Lipinski definition) is 9. The van der Waals surface area contributed by atoms with Gasteiger partial charge < -0.3 is 20.5 Å². The molecule has 2 aromatic rings. The average molecular weight is 474 g/mol. The number of nitrogens with two attached hydrogens (primary N) is 1. The van der Waals surface area contributed by atoms with Crippen molar-refractivity contribution in [2.24, 2.45) is 10.7 Å². The summed E-state index contributed by atoms with van der Waals surface area (Å²) in [7, 11) is -2.25.